The summed E-state index contributed by atoms with van der Waals surface area (Å²) in [7, 11) is 0. The van der Waals surface area contributed by atoms with Gasteiger partial charge in [-0.1, -0.05) is 0 Å². The Kier molecular flexibility index (Phi) is 3.64. The Morgan fingerprint density at radius 3 is 2.65 bits per heavy atom. The predicted molar refractivity (Wildman–Crippen MR) is 77.3 cm³/mol. The number of nitro groups is 1. The van der Waals surface area contributed by atoms with E-state index in [9.17, 15) is 14.5 Å². The SMILES string of the molecule is O=[N+]([O-])c1cc(F)c(Br)cc1NC1CN2CCC1CC2. The van der Waals surface area contributed by atoms with Crippen LogP contribution in [0.3, 0.4) is 0 Å². The number of fused-ring (bicyclic) bond motifs is 3. The zero-order valence-electron chi connectivity index (χ0n) is 10.8. The lowest BCUT2D eigenvalue weighted by molar-refractivity contribution is -0.384. The third kappa shape index (κ3) is 2.52. The number of piperidine rings is 3. The lowest BCUT2D eigenvalue weighted by Gasteiger charge is -2.45. The molecule has 5 nitrogen and oxygen atoms in total. The molecule has 0 aromatic heterocycles. The van der Waals surface area contributed by atoms with Crippen molar-refractivity contribution in [3.05, 3.63) is 32.5 Å². The van der Waals surface area contributed by atoms with Crippen molar-refractivity contribution in [3.63, 3.8) is 0 Å². The van der Waals surface area contributed by atoms with E-state index in [4.69, 9.17) is 0 Å². The lowest BCUT2D eigenvalue weighted by Crippen LogP contribution is -2.53. The monoisotopic (exact) mass is 343 g/mol. The molecule has 1 aromatic rings. The molecule has 2 bridgehead atoms. The number of benzene rings is 1. The molecule has 0 aliphatic carbocycles. The second-order valence-corrected chi connectivity index (χ2v) is 6.28. The first-order valence-electron chi connectivity index (χ1n) is 6.67. The van der Waals surface area contributed by atoms with Gasteiger partial charge < -0.3 is 10.2 Å². The number of anilines is 1. The van der Waals surface area contributed by atoms with Crippen LogP contribution in [-0.2, 0) is 0 Å². The Morgan fingerprint density at radius 2 is 2.10 bits per heavy atom. The van der Waals surface area contributed by atoms with Gasteiger partial charge in [0.25, 0.3) is 5.69 Å². The van der Waals surface area contributed by atoms with E-state index in [0.29, 0.717) is 11.6 Å². The zero-order valence-corrected chi connectivity index (χ0v) is 12.4. The fraction of sp³-hybridized carbons (Fsp3) is 0.538. The maximum Gasteiger partial charge on any atom is 0.295 e. The molecule has 3 aliphatic heterocycles. The van der Waals surface area contributed by atoms with Crippen molar-refractivity contribution in [2.45, 2.75) is 18.9 Å². The molecule has 3 fully saturated rings. The molecule has 1 unspecified atom stereocenters. The Balaban J connectivity index is 1.86. The van der Waals surface area contributed by atoms with Gasteiger partial charge in [0.15, 0.2) is 0 Å². The number of halogens is 2. The summed E-state index contributed by atoms with van der Waals surface area (Å²) in [5.74, 6) is -0.0698. The molecule has 20 heavy (non-hydrogen) atoms. The van der Waals surface area contributed by atoms with Gasteiger partial charge in [-0.2, -0.15) is 0 Å². The first-order chi connectivity index (χ1) is 9.54. The van der Waals surface area contributed by atoms with Crippen LogP contribution in [0.4, 0.5) is 15.8 Å². The maximum absolute atomic E-state index is 13.5. The number of nitrogens with zero attached hydrogens (tertiary/aromatic N) is 2. The minimum atomic E-state index is -0.615. The van der Waals surface area contributed by atoms with Crippen LogP contribution in [0.1, 0.15) is 12.8 Å². The van der Waals surface area contributed by atoms with Crippen molar-refractivity contribution in [1.82, 2.24) is 4.90 Å². The molecular formula is C13H15BrFN3O2. The Labute approximate surface area is 124 Å². The highest BCUT2D eigenvalue weighted by Gasteiger charge is 2.35. The highest BCUT2D eigenvalue weighted by atomic mass is 79.9. The van der Waals surface area contributed by atoms with Crippen LogP contribution in [0.25, 0.3) is 0 Å². The second kappa shape index (κ2) is 5.29. The summed E-state index contributed by atoms with van der Waals surface area (Å²) in [6.07, 6.45) is 2.24. The largest absolute Gasteiger partial charge is 0.375 e. The molecule has 1 atom stereocenters. The van der Waals surface area contributed by atoms with Crippen LogP contribution >= 0.6 is 15.9 Å². The van der Waals surface area contributed by atoms with Gasteiger partial charge in [0.05, 0.1) is 15.5 Å². The first kappa shape index (κ1) is 13.8. The van der Waals surface area contributed by atoms with Gasteiger partial charge in [-0.25, -0.2) is 4.39 Å². The fourth-order valence-corrected chi connectivity index (χ4v) is 3.47. The first-order valence-corrected chi connectivity index (χ1v) is 7.46. The molecule has 3 saturated heterocycles. The Morgan fingerprint density at radius 1 is 1.40 bits per heavy atom. The van der Waals surface area contributed by atoms with Crippen molar-refractivity contribution in [2.75, 3.05) is 25.0 Å². The summed E-state index contributed by atoms with van der Waals surface area (Å²) in [6.45, 7) is 3.12. The molecule has 3 aliphatic rings. The van der Waals surface area contributed by atoms with Crippen molar-refractivity contribution in [3.8, 4) is 0 Å². The average Bonchev–Trinajstić information content (AvgIpc) is 2.43. The van der Waals surface area contributed by atoms with E-state index in [-0.39, 0.29) is 16.2 Å². The molecule has 7 heteroatoms. The standard InChI is InChI=1S/C13H15BrFN3O2/c14-9-5-11(13(18(19)20)6-10(9)15)16-12-7-17-3-1-8(12)2-4-17/h5-6,8,12,16H,1-4,7H2. The Bertz CT molecular complexity index is 547. The van der Waals surface area contributed by atoms with Gasteiger partial charge in [0, 0.05) is 12.6 Å². The van der Waals surface area contributed by atoms with E-state index in [1.165, 1.54) is 6.07 Å². The molecule has 4 rings (SSSR count). The summed E-state index contributed by atoms with van der Waals surface area (Å²) >= 11 is 3.09. The van der Waals surface area contributed by atoms with Crippen molar-refractivity contribution >= 4 is 27.3 Å². The molecule has 3 heterocycles. The van der Waals surface area contributed by atoms with Crippen LogP contribution in [0, 0.1) is 21.8 Å². The lowest BCUT2D eigenvalue weighted by atomic mass is 9.84. The van der Waals surface area contributed by atoms with Crippen LogP contribution in [0.2, 0.25) is 0 Å². The number of rotatable bonds is 3. The fourth-order valence-electron chi connectivity index (χ4n) is 3.13. The average molecular weight is 344 g/mol. The molecule has 0 amide bonds. The van der Waals surface area contributed by atoms with Crippen LogP contribution in [0.15, 0.2) is 16.6 Å². The number of hydrogen-bond donors (Lipinski definition) is 1. The summed E-state index contributed by atoms with van der Waals surface area (Å²) in [5.41, 5.74) is 0.184. The third-order valence-electron chi connectivity index (χ3n) is 4.23. The van der Waals surface area contributed by atoms with E-state index in [1.807, 2.05) is 0 Å². The van der Waals surface area contributed by atoms with Crippen LogP contribution in [0.5, 0.6) is 0 Å². The van der Waals surface area contributed by atoms with Gasteiger partial charge in [-0.05, 0) is 53.8 Å². The zero-order chi connectivity index (χ0) is 14.3. The summed E-state index contributed by atoms with van der Waals surface area (Å²) in [6, 6.07) is 2.63. The minimum absolute atomic E-state index is 0.202. The number of nitro benzene ring substituents is 1. The quantitative estimate of drug-likeness (QED) is 0.677. The molecule has 1 N–H and O–H groups in total. The summed E-state index contributed by atoms with van der Waals surface area (Å²) in [4.78, 5) is 12.9. The molecule has 0 saturated carbocycles. The Hall–Kier alpha value is -1.21. The van der Waals surface area contributed by atoms with E-state index in [0.717, 1.165) is 38.5 Å². The van der Waals surface area contributed by atoms with Crippen molar-refractivity contribution < 1.29 is 9.31 Å². The normalized spacial score (nSPS) is 28.4. The third-order valence-corrected chi connectivity index (χ3v) is 4.84. The molecule has 108 valence electrons. The highest BCUT2D eigenvalue weighted by Crippen LogP contribution is 2.35. The van der Waals surface area contributed by atoms with Gasteiger partial charge in [-0.3, -0.25) is 10.1 Å². The van der Waals surface area contributed by atoms with Gasteiger partial charge in [-0.15, -0.1) is 0 Å². The molecule has 0 radical (unpaired) electrons. The summed E-state index contributed by atoms with van der Waals surface area (Å²) < 4.78 is 13.7. The van der Waals surface area contributed by atoms with Crippen LogP contribution < -0.4 is 5.32 Å². The van der Waals surface area contributed by atoms with Gasteiger partial charge in [0.2, 0.25) is 0 Å². The second-order valence-electron chi connectivity index (χ2n) is 5.43. The number of nitrogens with one attached hydrogen (secondary N) is 1. The van der Waals surface area contributed by atoms with E-state index >= 15 is 0 Å². The molecule has 1 aromatic carbocycles. The van der Waals surface area contributed by atoms with E-state index in [2.05, 4.69) is 26.1 Å². The van der Waals surface area contributed by atoms with Crippen LogP contribution in [-0.4, -0.2) is 35.5 Å². The minimum Gasteiger partial charge on any atom is -0.375 e. The van der Waals surface area contributed by atoms with E-state index in [1.54, 1.807) is 0 Å². The topological polar surface area (TPSA) is 58.4 Å². The predicted octanol–water partition coefficient (Wildman–Crippen LogP) is 3.00. The number of hydrogen-bond acceptors (Lipinski definition) is 4. The van der Waals surface area contributed by atoms with Gasteiger partial charge >= 0.3 is 0 Å². The maximum atomic E-state index is 13.5. The molecule has 0 spiro atoms. The van der Waals surface area contributed by atoms with Gasteiger partial charge in [0.1, 0.15) is 11.5 Å². The summed E-state index contributed by atoms with van der Waals surface area (Å²) in [5, 5.41) is 14.3. The smallest absolute Gasteiger partial charge is 0.295 e. The highest BCUT2D eigenvalue weighted by molar-refractivity contribution is 9.10. The molecular weight excluding hydrogens is 329 g/mol. The van der Waals surface area contributed by atoms with Crippen molar-refractivity contribution in [1.29, 1.82) is 0 Å². The van der Waals surface area contributed by atoms with Crippen molar-refractivity contribution in [2.24, 2.45) is 5.92 Å². The van der Waals surface area contributed by atoms with E-state index < -0.39 is 10.7 Å².